The lowest BCUT2D eigenvalue weighted by Crippen LogP contribution is -2.16. The molecule has 0 bridgehead atoms. The zero-order valence-electron chi connectivity index (χ0n) is 30.2. The normalized spacial score (nSPS) is 14.2. The van der Waals surface area contributed by atoms with Gasteiger partial charge in [-0.05, 0) is 69.8 Å². The van der Waals surface area contributed by atoms with Gasteiger partial charge in [-0.3, -0.25) is 4.99 Å². The van der Waals surface area contributed by atoms with Crippen LogP contribution in [0.1, 0.15) is 22.9 Å². The number of para-hydroxylation sites is 3. The van der Waals surface area contributed by atoms with Crippen LogP contribution in [0.2, 0.25) is 0 Å². The van der Waals surface area contributed by atoms with Crippen molar-refractivity contribution >= 4 is 55.4 Å². The van der Waals surface area contributed by atoms with Gasteiger partial charge < -0.3 is 19.3 Å². The maximum atomic E-state index is 6.84. The van der Waals surface area contributed by atoms with Gasteiger partial charge in [0, 0.05) is 27.1 Å². The molecular weight excluding hydrogens is 685 g/mol. The van der Waals surface area contributed by atoms with Gasteiger partial charge >= 0.3 is 0 Å². The lowest BCUT2D eigenvalue weighted by atomic mass is 10.00. The van der Waals surface area contributed by atoms with Gasteiger partial charge in [0.1, 0.15) is 5.58 Å². The number of fused-ring (bicyclic) bond motifs is 6. The summed E-state index contributed by atoms with van der Waals surface area (Å²) >= 11 is 0. The molecule has 0 spiro atoms. The fraction of sp³-hybridized carbons (Fsp3) is 0.0196. The second-order valence-electron chi connectivity index (χ2n) is 14.1. The van der Waals surface area contributed by atoms with Gasteiger partial charge in [0.05, 0.1) is 28.7 Å². The van der Waals surface area contributed by atoms with Crippen LogP contribution in [0, 0.1) is 0 Å². The summed E-state index contributed by atoms with van der Waals surface area (Å²) in [6.45, 7) is 0. The summed E-state index contributed by atoms with van der Waals surface area (Å²) in [5.41, 5.74) is 12.2. The quantitative estimate of drug-likeness (QED) is 0.169. The van der Waals surface area contributed by atoms with Gasteiger partial charge in [-0.15, -0.1) is 0 Å². The molecule has 3 heterocycles. The zero-order valence-corrected chi connectivity index (χ0v) is 30.2. The summed E-state index contributed by atoms with van der Waals surface area (Å²) in [6, 6.07) is 67.5. The first-order chi connectivity index (χ1) is 27.8. The van der Waals surface area contributed by atoms with Crippen LogP contribution in [0.3, 0.4) is 0 Å². The van der Waals surface area contributed by atoms with Crippen LogP contribution in [0.15, 0.2) is 209 Å². The van der Waals surface area contributed by atoms with E-state index in [1.807, 2.05) is 24.3 Å². The van der Waals surface area contributed by atoms with Gasteiger partial charge in [0.15, 0.2) is 5.58 Å². The molecule has 10 aromatic rings. The third-order valence-electron chi connectivity index (χ3n) is 10.8. The minimum absolute atomic E-state index is 0.511. The van der Waals surface area contributed by atoms with Crippen molar-refractivity contribution in [3.8, 4) is 27.9 Å². The van der Waals surface area contributed by atoms with E-state index in [0.29, 0.717) is 11.7 Å². The first-order valence-corrected chi connectivity index (χ1v) is 18.9. The molecule has 0 saturated heterocycles. The third-order valence-corrected chi connectivity index (χ3v) is 10.8. The van der Waals surface area contributed by atoms with Crippen molar-refractivity contribution in [1.82, 2.24) is 4.57 Å². The van der Waals surface area contributed by atoms with Gasteiger partial charge in [-0.1, -0.05) is 164 Å². The van der Waals surface area contributed by atoms with E-state index >= 15 is 0 Å². The molecule has 5 nitrogen and oxygen atoms in total. The summed E-state index contributed by atoms with van der Waals surface area (Å²) in [7, 11) is 0. The van der Waals surface area contributed by atoms with Crippen molar-refractivity contribution in [2.45, 2.75) is 6.17 Å². The molecule has 8 aromatic carbocycles. The number of benzene rings is 8. The van der Waals surface area contributed by atoms with Crippen molar-refractivity contribution < 1.29 is 4.42 Å². The first-order valence-electron chi connectivity index (χ1n) is 18.9. The third kappa shape index (κ3) is 5.32. The van der Waals surface area contributed by atoms with Gasteiger partial charge in [-0.25, -0.2) is 0 Å². The average molecular weight is 718 g/mol. The van der Waals surface area contributed by atoms with Gasteiger partial charge in [0.2, 0.25) is 0 Å². The molecule has 0 amide bonds. The number of hydrogen-bond acceptors (Lipinski definition) is 3. The Morgan fingerprint density at radius 1 is 0.482 bits per heavy atom. The SMILES string of the molecule is c1ccc(-c2cccc(C3=NC(c4cccc5oc6c(-n7c8ccccc8c8ccccc87)cccc6c45)=NC(c4cccc(-c5ccccc5)c4)[N-]3)c2)cc1. The van der Waals surface area contributed by atoms with Crippen LogP contribution in [0.4, 0.5) is 0 Å². The van der Waals surface area contributed by atoms with E-state index < -0.39 is 6.17 Å². The molecule has 5 heteroatoms. The lowest BCUT2D eigenvalue weighted by molar-refractivity contribution is 0.666. The molecule has 2 aromatic heterocycles. The van der Waals surface area contributed by atoms with Crippen LogP contribution < -0.4 is 0 Å². The Hall–Kier alpha value is -7.50. The molecule has 56 heavy (non-hydrogen) atoms. The van der Waals surface area contributed by atoms with E-state index in [9.17, 15) is 0 Å². The monoisotopic (exact) mass is 717 g/mol. The smallest absolute Gasteiger partial charge is 0.159 e. The molecule has 0 N–H and O–H groups in total. The molecule has 0 saturated carbocycles. The highest BCUT2D eigenvalue weighted by molar-refractivity contribution is 6.25. The van der Waals surface area contributed by atoms with Gasteiger partial charge in [0.25, 0.3) is 0 Å². The largest absolute Gasteiger partial charge is 0.454 e. The number of furan rings is 1. The molecule has 1 atom stereocenters. The van der Waals surface area contributed by atoms with Crippen LogP contribution in [0.25, 0.3) is 77.0 Å². The van der Waals surface area contributed by atoms with Crippen molar-refractivity contribution in [3.05, 3.63) is 216 Å². The first kappa shape index (κ1) is 32.0. The van der Waals surface area contributed by atoms with E-state index in [4.69, 9.17) is 19.7 Å². The summed E-state index contributed by atoms with van der Waals surface area (Å²) < 4.78 is 9.16. The highest BCUT2D eigenvalue weighted by Crippen LogP contribution is 2.41. The Bertz CT molecular complexity index is 3120. The molecule has 0 aliphatic carbocycles. The predicted octanol–water partition coefficient (Wildman–Crippen LogP) is 13.3. The van der Waals surface area contributed by atoms with E-state index in [1.54, 1.807) is 0 Å². The predicted molar refractivity (Wildman–Crippen MR) is 231 cm³/mol. The number of aromatic nitrogens is 1. The summed E-state index contributed by atoms with van der Waals surface area (Å²) in [5, 5.41) is 9.63. The highest BCUT2D eigenvalue weighted by atomic mass is 16.3. The molecule has 1 aliphatic rings. The average Bonchev–Trinajstić information content (AvgIpc) is 3.83. The van der Waals surface area contributed by atoms with E-state index in [2.05, 4.69) is 174 Å². The zero-order chi connectivity index (χ0) is 37.0. The molecule has 1 aliphatic heterocycles. The standard InChI is InChI=1S/C51H33N4O/c1-3-15-33(16-4-1)35-19-11-21-37(31-35)49-52-50(38-22-12-20-36(32-38)34-17-5-2-6-18-34)54-51(53-49)42-26-14-30-46-47(42)41-25-13-29-45(48(41)56-46)55-43-27-9-7-23-39(43)40-24-8-10-28-44(40)55/h1-32,49H/q-1. The number of amidine groups is 2. The Morgan fingerprint density at radius 2 is 1.05 bits per heavy atom. The number of rotatable bonds is 6. The molecule has 0 radical (unpaired) electrons. The topological polar surface area (TPSA) is 56.9 Å². The maximum Gasteiger partial charge on any atom is 0.159 e. The van der Waals surface area contributed by atoms with E-state index in [1.165, 1.54) is 10.8 Å². The van der Waals surface area contributed by atoms with Crippen molar-refractivity contribution in [2.75, 3.05) is 0 Å². The Balaban J connectivity index is 1.11. The lowest BCUT2D eigenvalue weighted by Gasteiger charge is -2.33. The van der Waals surface area contributed by atoms with E-state index in [-0.39, 0.29) is 0 Å². The molecule has 0 fully saturated rings. The molecule has 11 rings (SSSR count). The number of nitrogens with zero attached hydrogens (tertiary/aromatic N) is 4. The summed E-state index contributed by atoms with van der Waals surface area (Å²) in [5.74, 6) is 1.25. The Morgan fingerprint density at radius 3 is 1.79 bits per heavy atom. The molecule has 1 unspecified atom stereocenters. The fourth-order valence-corrected chi connectivity index (χ4v) is 8.19. The Kier molecular flexibility index (Phi) is 7.49. The second kappa shape index (κ2) is 13.1. The minimum atomic E-state index is -0.511. The Labute approximate surface area is 323 Å². The van der Waals surface area contributed by atoms with Crippen molar-refractivity contribution in [2.24, 2.45) is 9.98 Å². The summed E-state index contributed by atoms with van der Waals surface area (Å²) in [6.07, 6.45) is -0.511. The van der Waals surface area contributed by atoms with Crippen LogP contribution >= 0.6 is 0 Å². The minimum Gasteiger partial charge on any atom is -0.454 e. The number of aliphatic imine (C=N–C) groups is 2. The van der Waals surface area contributed by atoms with Crippen LogP contribution in [-0.2, 0) is 0 Å². The van der Waals surface area contributed by atoms with Crippen LogP contribution in [-0.4, -0.2) is 16.2 Å². The van der Waals surface area contributed by atoms with Crippen molar-refractivity contribution in [3.63, 3.8) is 0 Å². The van der Waals surface area contributed by atoms with E-state index in [0.717, 1.165) is 77.6 Å². The van der Waals surface area contributed by atoms with Gasteiger partial charge in [-0.2, -0.15) is 0 Å². The van der Waals surface area contributed by atoms with Crippen molar-refractivity contribution in [1.29, 1.82) is 0 Å². The summed E-state index contributed by atoms with van der Waals surface area (Å²) in [4.78, 5) is 10.6. The second-order valence-corrected chi connectivity index (χ2v) is 14.1. The highest BCUT2D eigenvalue weighted by Gasteiger charge is 2.21. The molecule has 264 valence electrons. The van der Waals surface area contributed by atoms with Crippen LogP contribution in [0.5, 0.6) is 0 Å². The maximum absolute atomic E-state index is 6.84. The fourth-order valence-electron chi connectivity index (χ4n) is 8.19. The number of hydrogen-bond donors (Lipinski definition) is 0. The molecular formula is C51H33N4O-.